The van der Waals surface area contributed by atoms with E-state index in [4.69, 9.17) is 16.2 Å². The van der Waals surface area contributed by atoms with Crippen molar-refractivity contribution < 1.29 is 13.2 Å². The van der Waals surface area contributed by atoms with Gasteiger partial charge in [-0.1, -0.05) is 12.1 Å². The summed E-state index contributed by atoms with van der Waals surface area (Å²) in [4.78, 5) is 2.14. The zero-order chi connectivity index (χ0) is 19.9. The van der Waals surface area contributed by atoms with Crippen LogP contribution in [0.25, 0.3) is 0 Å². The van der Waals surface area contributed by atoms with Crippen LogP contribution in [-0.2, 0) is 16.6 Å². The van der Waals surface area contributed by atoms with Gasteiger partial charge in [0.1, 0.15) is 11.6 Å². The molecule has 27 heavy (non-hydrogen) atoms. The fraction of sp³-hybridized carbons (Fsp3) is 0.316. The summed E-state index contributed by atoms with van der Waals surface area (Å²) in [6.07, 6.45) is 0.885. The Balaban J connectivity index is 1.86. The van der Waals surface area contributed by atoms with Crippen molar-refractivity contribution in [3.8, 4) is 5.75 Å². The van der Waals surface area contributed by atoms with E-state index in [9.17, 15) is 8.42 Å². The third-order valence-electron chi connectivity index (χ3n) is 3.66. The monoisotopic (exact) mass is 390 g/mol. The number of hydrogen-bond donors (Lipinski definition) is 2. The second-order valence-corrected chi connectivity index (χ2v) is 8.07. The van der Waals surface area contributed by atoms with Gasteiger partial charge < -0.3 is 21.1 Å². The highest BCUT2D eigenvalue weighted by Gasteiger charge is 2.13. The number of anilines is 1. The van der Waals surface area contributed by atoms with Crippen molar-refractivity contribution >= 4 is 21.5 Å². The lowest BCUT2D eigenvalue weighted by Gasteiger charge is -2.11. The second kappa shape index (κ2) is 9.38. The van der Waals surface area contributed by atoms with Crippen molar-refractivity contribution in [2.45, 2.75) is 24.3 Å². The molecular weight excluding hydrogens is 364 g/mol. The summed E-state index contributed by atoms with van der Waals surface area (Å²) >= 11 is 0. The molecule has 0 spiro atoms. The summed E-state index contributed by atoms with van der Waals surface area (Å²) in [6, 6.07) is 13.7. The van der Waals surface area contributed by atoms with Crippen molar-refractivity contribution in [3.05, 3.63) is 54.1 Å². The maximum atomic E-state index is 12.2. The average Bonchev–Trinajstić information content (AvgIpc) is 2.58. The molecule has 0 atom stereocenters. The van der Waals surface area contributed by atoms with Crippen molar-refractivity contribution in [1.29, 1.82) is 0 Å². The standard InChI is InChI=1S/C19H26N4O3S/c1-23(2)14-15-5-3-6-17(13-15)26-12-4-7-19(21)22-27(24,25)18-10-8-16(20)9-11-18/h3,5-6,8-11,13H,4,7,12,14,20H2,1-2H3,(H2,21,22). The van der Waals surface area contributed by atoms with Gasteiger partial charge in [-0.3, -0.25) is 0 Å². The van der Waals surface area contributed by atoms with Gasteiger partial charge in [0.25, 0.3) is 10.0 Å². The minimum Gasteiger partial charge on any atom is -0.494 e. The van der Waals surface area contributed by atoms with Gasteiger partial charge in [-0.25, -0.2) is 0 Å². The number of amidine groups is 1. The Morgan fingerprint density at radius 2 is 1.85 bits per heavy atom. The van der Waals surface area contributed by atoms with E-state index in [2.05, 4.69) is 9.30 Å². The lowest BCUT2D eigenvalue weighted by atomic mass is 10.2. The van der Waals surface area contributed by atoms with Crippen LogP contribution in [0.3, 0.4) is 0 Å². The number of nitrogens with two attached hydrogens (primary N) is 2. The number of hydrogen-bond acceptors (Lipinski definition) is 5. The van der Waals surface area contributed by atoms with E-state index in [-0.39, 0.29) is 10.7 Å². The van der Waals surface area contributed by atoms with E-state index >= 15 is 0 Å². The minimum atomic E-state index is -3.82. The number of benzene rings is 2. The van der Waals surface area contributed by atoms with Gasteiger partial charge in [-0.05, 0) is 62.5 Å². The molecule has 0 aliphatic carbocycles. The summed E-state index contributed by atoms with van der Waals surface area (Å²) in [6.45, 7) is 1.25. The summed E-state index contributed by atoms with van der Waals surface area (Å²) in [5.74, 6) is 0.830. The topological polar surface area (TPSA) is 111 Å². The largest absolute Gasteiger partial charge is 0.494 e. The van der Waals surface area contributed by atoms with Crippen molar-refractivity contribution in [2.75, 3.05) is 26.4 Å². The predicted molar refractivity (Wildman–Crippen MR) is 108 cm³/mol. The van der Waals surface area contributed by atoms with Gasteiger partial charge in [0.05, 0.1) is 11.5 Å². The minimum absolute atomic E-state index is 0.0526. The average molecular weight is 391 g/mol. The number of nitrogens with zero attached hydrogens (tertiary/aromatic N) is 2. The highest BCUT2D eigenvalue weighted by atomic mass is 32.2. The van der Waals surface area contributed by atoms with Crippen LogP contribution < -0.4 is 16.2 Å². The third kappa shape index (κ3) is 6.92. The first-order valence-electron chi connectivity index (χ1n) is 8.57. The van der Waals surface area contributed by atoms with Crippen molar-refractivity contribution in [2.24, 2.45) is 10.1 Å². The lowest BCUT2D eigenvalue weighted by Crippen LogP contribution is -2.16. The van der Waals surface area contributed by atoms with Gasteiger partial charge in [0, 0.05) is 18.7 Å². The van der Waals surface area contributed by atoms with Crippen LogP contribution in [0.1, 0.15) is 18.4 Å². The maximum Gasteiger partial charge on any atom is 0.283 e. The Kier molecular flexibility index (Phi) is 7.20. The van der Waals surface area contributed by atoms with Crippen LogP contribution in [0.15, 0.2) is 57.8 Å². The molecule has 7 nitrogen and oxygen atoms in total. The van der Waals surface area contributed by atoms with Crippen LogP contribution >= 0.6 is 0 Å². The highest BCUT2D eigenvalue weighted by molar-refractivity contribution is 7.90. The van der Waals surface area contributed by atoms with E-state index in [1.807, 2.05) is 38.4 Å². The van der Waals surface area contributed by atoms with Gasteiger partial charge in [-0.2, -0.15) is 8.42 Å². The predicted octanol–water partition coefficient (Wildman–Crippen LogP) is 2.24. The maximum absolute atomic E-state index is 12.2. The summed E-state index contributed by atoms with van der Waals surface area (Å²) in [7, 11) is 0.195. The molecule has 0 saturated heterocycles. The van der Waals surface area contributed by atoms with E-state index in [1.54, 1.807) is 0 Å². The molecule has 4 N–H and O–H groups in total. The number of rotatable bonds is 9. The Morgan fingerprint density at radius 3 is 2.52 bits per heavy atom. The SMILES string of the molecule is CN(C)Cc1cccc(OCCCC(N)=NS(=O)(=O)c2ccc(N)cc2)c1. The Morgan fingerprint density at radius 1 is 1.15 bits per heavy atom. The molecule has 2 aromatic rings. The van der Waals surface area contributed by atoms with E-state index < -0.39 is 10.0 Å². The normalized spacial score (nSPS) is 12.3. The third-order valence-corrected chi connectivity index (χ3v) is 5.00. The molecule has 8 heteroatoms. The van der Waals surface area contributed by atoms with Gasteiger partial charge >= 0.3 is 0 Å². The van der Waals surface area contributed by atoms with Crippen LogP contribution in [0.4, 0.5) is 5.69 Å². The fourth-order valence-corrected chi connectivity index (χ4v) is 3.42. The van der Waals surface area contributed by atoms with Gasteiger partial charge in [-0.15, -0.1) is 4.40 Å². The molecule has 0 aliphatic rings. The van der Waals surface area contributed by atoms with E-state index in [0.29, 0.717) is 25.1 Å². The fourth-order valence-electron chi connectivity index (χ4n) is 2.43. The highest BCUT2D eigenvalue weighted by Crippen LogP contribution is 2.16. The smallest absolute Gasteiger partial charge is 0.283 e. The molecule has 2 aromatic carbocycles. The second-order valence-electron chi connectivity index (χ2n) is 6.46. The summed E-state index contributed by atoms with van der Waals surface area (Å²) < 4.78 is 33.8. The van der Waals surface area contributed by atoms with E-state index in [0.717, 1.165) is 17.9 Å². The molecule has 0 fully saturated rings. The van der Waals surface area contributed by atoms with Crippen molar-refractivity contribution in [3.63, 3.8) is 0 Å². The quantitative estimate of drug-likeness (QED) is 0.294. The van der Waals surface area contributed by atoms with E-state index in [1.165, 1.54) is 24.3 Å². The lowest BCUT2D eigenvalue weighted by molar-refractivity contribution is 0.312. The molecule has 0 amide bonds. The Labute approximate surface area is 160 Å². The zero-order valence-electron chi connectivity index (χ0n) is 15.6. The Bertz CT molecular complexity index is 878. The first-order chi connectivity index (χ1) is 12.8. The number of ether oxygens (including phenoxy) is 1. The summed E-state index contributed by atoms with van der Waals surface area (Å²) in [5.41, 5.74) is 13.0. The first-order valence-corrected chi connectivity index (χ1v) is 10.0. The molecule has 0 unspecified atom stereocenters. The molecule has 2 rings (SSSR count). The molecule has 0 saturated carbocycles. The number of sulfonamides is 1. The van der Waals surface area contributed by atoms with Crippen molar-refractivity contribution in [1.82, 2.24) is 4.90 Å². The molecular formula is C19H26N4O3S. The Hall–Kier alpha value is -2.58. The summed E-state index contributed by atoms with van der Waals surface area (Å²) in [5, 5.41) is 0. The molecule has 0 radical (unpaired) electrons. The molecule has 146 valence electrons. The molecule has 0 bridgehead atoms. The van der Waals surface area contributed by atoms with Crippen LogP contribution in [0, 0.1) is 0 Å². The molecule has 0 heterocycles. The van der Waals surface area contributed by atoms with Crippen LogP contribution in [0.5, 0.6) is 5.75 Å². The number of nitrogen functional groups attached to an aromatic ring is 1. The van der Waals surface area contributed by atoms with Crippen LogP contribution in [-0.4, -0.2) is 39.9 Å². The molecule has 0 aliphatic heterocycles. The zero-order valence-corrected chi connectivity index (χ0v) is 16.4. The van der Waals surface area contributed by atoms with Gasteiger partial charge in [0.2, 0.25) is 0 Å². The van der Waals surface area contributed by atoms with Gasteiger partial charge in [0.15, 0.2) is 0 Å². The first kappa shape index (κ1) is 20.7. The molecule has 0 aromatic heterocycles. The van der Waals surface area contributed by atoms with Crippen LogP contribution in [0.2, 0.25) is 0 Å².